The first-order chi connectivity index (χ1) is 9.52. The van der Waals surface area contributed by atoms with E-state index in [0.29, 0.717) is 25.5 Å². The Balaban J connectivity index is 2.03. The molecule has 1 aliphatic rings. The molecule has 5 nitrogen and oxygen atoms in total. The van der Waals surface area contributed by atoms with Crippen molar-refractivity contribution < 1.29 is 19.7 Å². The Labute approximate surface area is 119 Å². The van der Waals surface area contributed by atoms with Gasteiger partial charge in [-0.3, -0.25) is 0 Å². The minimum absolute atomic E-state index is 0.0147. The highest BCUT2D eigenvalue weighted by Gasteiger charge is 2.19. The zero-order valence-electron chi connectivity index (χ0n) is 12.1. The molecule has 2 rings (SSSR count). The standard InChI is InChI=1S/C15H23NO4/c1-15(2,10-17)16-9-12(18)11-4-5-13-14(8-11)20-7-3-6-19-13/h4-5,8,12,16-18H,3,6-7,9-10H2,1-2H3. The van der Waals surface area contributed by atoms with E-state index in [1.54, 1.807) is 0 Å². The number of fused-ring (bicyclic) bond motifs is 1. The summed E-state index contributed by atoms with van der Waals surface area (Å²) in [4.78, 5) is 0. The molecule has 0 amide bonds. The molecule has 1 aromatic rings. The van der Waals surface area contributed by atoms with E-state index < -0.39 is 11.6 Å². The van der Waals surface area contributed by atoms with Gasteiger partial charge in [-0.15, -0.1) is 0 Å². The fourth-order valence-electron chi connectivity index (χ4n) is 1.93. The van der Waals surface area contributed by atoms with E-state index in [9.17, 15) is 10.2 Å². The number of aliphatic hydroxyl groups excluding tert-OH is 2. The fraction of sp³-hybridized carbons (Fsp3) is 0.600. The molecule has 0 spiro atoms. The van der Waals surface area contributed by atoms with Crippen LogP contribution in [0.15, 0.2) is 18.2 Å². The van der Waals surface area contributed by atoms with Crippen LogP contribution in [0.4, 0.5) is 0 Å². The van der Waals surface area contributed by atoms with Crippen LogP contribution in [-0.2, 0) is 0 Å². The largest absolute Gasteiger partial charge is 0.490 e. The van der Waals surface area contributed by atoms with Gasteiger partial charge < -0.3 is 25.0 Å². The van der Waals surface area contributed by atoms with E-state index in [1.807, 2.05) is 32.0 Å². The first-order valence-electron chi connectivity index (χ1n) is 6.95. The Kier molecular flexibility index (Phi) is 4.86. The van der Waals surface area contributed by atoms with Crippen molar-refractivity contribution in [3.05, 3.63) is 23.8 Å². The Morgan fingerprint density at radius 3 is 2.65 bits per heavy atom. The summed E-state index contributed by atoms with van der Waals surface area (Å²) in [6.07, 6.45) is 0.205. The van der Waals surface area contributed by atoms with Crippen molar-refractivity contribution in [1.82, 2.24) is 5.32 Å². The molecule has 0 fully saturated rings. The van der Waals surface area contributed by atoms with Crippen LogP contribution < -0.4 is 14.8 Å². The monoisotopic (exact) mass is 281 g/mol. The van der Waals surface area contributed by atoms with Gasteiger partial charge in [0.05, 0.1) is 25.9 Å². The minimum atomic E-state index is -0.655. The van der Waals surface area contributed by atoms with Gasteiger partial charge in [0.15, 0.2) is 11.5 Å². The van der Waals surface area contributed by atoms with Crippen molar-refractivity contribution in [2.45, 2.75) is 31.9 Å². The van der Waals surface area contributed by atoms with Crippen LogP contribution in [0.5, 0.6) is 11.5 Å². The molecule has 0 aromatic heterocycles. The maximum absolute atomic E-state index is 10.2. The third-order valence-corrected chi connectivity index (χ3v) is 3.33. The Morgan fingerprint density at radius 1 is 1.25 bits per heavy atom. The van der Waals surface area contributed by atoms with Gasteiger partial charge in [0.25, 0.3) is 0 Å². The average Bonchev–Trinajstić information content (AvgIpc) is 2.69. The predicted octanol–water partition coefficient (Wildman–Crippen LogP) is 1.24. The number of rotatable bonds is 5. The number of ether oxygens (including phenoxy) is 2. The normalized spacial score (nSPS) is 16.6. The van der Waals surface area contributed by atoms with Crippen LogP contribution in [0.3, 0.4) is 0 Å². The molecule has 0 bridgehead atoms. The van der Waals surface area contributed by atoms with Crippen molar-refractivity contribution in [2.24, 2.45) is 0 Å². The predicted molar refractivity (Wildman–Crippen MR) is 76.2 cm³/mol. The second-order valence-corrected chi connectivity index (χ2v) is 5.70. The highest BCUT2D eigenvalue weighted by atomic mass is 16.5. The van der Waals surface area contributed by atoms with Gasteiger partial charge >= 0.3 is 0 Å². The number of β-amino-alcohol motifs (C(OH)–C–C–N with tert-alkyl or cyclic N) is 1. The Bertz CT molecular complexity index is 447. The summed E-state index contributed by atoms with van der Waals surface area (Å²) >= 11 is 0. The van der Waals surface area contributed by atoms with E-state index >= 15 is 0 Å². The number of nitrogens with one attached hydrogen (secondary N) is 1. The third kappa shape index (κ3) is 3.85. The quantitative estimate of drug-likeness (QED) is 0.757. The van der Waals surface area contributed by atoms with Crippen molar-refractivity contribution in [2.75, 3.05) is 26.4 Å². The van der Waals surface area contributed by atoms with Crippen molar-refractivity contribution >= 4 is 0 Å². The molecular formula is C15H23NO4. The maximum Gasteiger partial charge on any atom is 0.161 e. The molecule has 1 aliphatic heterocycles. The summed E-state index contributed by atoms with van der Waals surface area (Å²) in [5.74, 6) is 1.41. The maximum atomic E-state index is 10.2. The molecule has 0 radical (unpaired) electrons. The first kappa shape index (κ1) is 15.1. The van der Waals surface area contributed by atoms with Crippen LogP contribution in [-0.4, -0.2) is 42.1 Å². The van der Waals surface area contributed by atoms with Crippen LogP contribution in [0, 0.1) is 0 Å². The lowest BCUT2D eigenvalue weighted by Crippen LogP contribution is -2.44. The zero-order valence-corrected chi connectivity index (χ0v) is 12.1. The number of hydrogen-bond acceptors (Lipinski definition) is 5. The lowest BCUT2D eigenvalue weighted by Gasteiger charge is -2.25. The second kappa shape index (κ2) is 6.43. The number of aliphatic hydroxyl groups is 2. The molecule has 1 unspecified atom stereocenters. The molecule has 0 aliphatic carbocycles. The van der Waals surface area contributed by atoms with Crippen molar-refractivity contribution in [3.8, 4) is 11.5 Å². The molecule has 112 valence electrons. The lowest BCUT2D eigenvalue weighted by atomic mass is 10.0. The van der Waals surface area contributed by atoms with Gasteiger partial charge in [-0.2, -0.15) is 0 Å². The second-order valence-electron chi connectivity index (χ2n) is 5.70. The number of benzene rings is 1. The van der Waals surface area contributed by atoms with E-state index in [-0.39, 0.29) is 6.61 Å². The molecule has 3 N–H and O–H groups in total. The van der Waals surface area contributed by atoms with Gasteiger partial charge in [-0.1, -0.05) is 6.07 Å². The summed E-state index contributed by atoms with van der Waals surface area (Å²) < 4.78 is 11.2. The van der Waals surface area contributed by atoms with Gasteiger partial charge in [-0.25, -0.2) is 0 Å². The van der Waals surface area contributed by atoms with E-state index in [4.69, 9.17) is 9.47 Å². The molecule has 5 heteroatoms. The molecule has 1 aromatic carbocycles. The summed E-state index contributed by atoms with van der Waals surface area (Å²) in [5.41, 5.74) is 0.363. The highest BCUT2D eigenvalue weighted by molar-refractivity contribution is 5.44. The topological polar surface area (TPSA) is 71.0 Å². The van der Waals surface area contributed by atoms with Crippen molar-refractivity contribution in [1.29, 1.82) is 0 Å². The SMILES string of the molecule is CC(C)(CO)NCC(O)c1ccc2c(c1)OCCCO2. The first-order valence-corrected chi connectivity index (χ1v) is 6.95. The molecular weight excluding hydrogens is 258 g/mol. The van der Waals surface area contributed by atoms with Crippen LogP contribution >= 0.6 is 0 Å². The summed E-state index contributed by atoms with van der Waals surface area (Å²) in [6, 6.07) is 5.49. The summed E-state index contributed by atoms with van der Waals surface area (Å²) in [7, 11) is 0. The highest BCUT2D eigenvalue weighted by Crippen LogP contribution is 2.32. The van der Waals surface area contributed by atoms with Gasteiger partial charge in [0.2, 0.25) is 0 Å². The molecule has 20 heavy (non-hydrogen) atoms. The van der Waals surface area contributed by atoms with E-state index in [1.165, 1.54) is 0 Å². The molecule has 0 saturated heterocycles. The van der Waals surface area contributed by atoms with Crippen LogP contribution in [0.1, 0.15) is 31.9 Å². The van der Waals surface area contributed by atoms with Gasteiger partial charge in [0, 0.05) is 18.5 Å². The third-order valence-electron chi connectivity index (χ3n) is 3.33. The number of hydrogen-bond donors (Lipinski definition) is 3. The molecule has 1 atom stereocenters. The minimum Gasteiger partial charge on any atom is -0.490 e. The molecule has 0 saturated carbocycles. The zero-order chi connectivity index (χ0) is 14.6. The fourth-order valence-corrected chi connectivity index (χ4v) is 1.93. The Hall–Kier alpha value is -1.30. The molecule has 1 heterocycles. The van der Waals surface area contributed by atoms with Gasteiger partial charge in [0.1, 0.15) is 0 Å². The lowest BCUT2D eigenvalue weighted by molar-refractivity contribution is 0.136. The van der Waals surface area contributed by atoms with E-state index in [0.717, 1.165) is 17.7 Å². The summed E-state index contributed by atoms with van der Waals surface area (Å²) in [5, 5.41) is 22.5. The van der Waals surface area contributed by atoms with E-state index in [2.05, 4.69) is 5.32 Å². The van der Waals surface area contributed by atoms with Crippen LogP contribution in [0.2, 0.25) is 0 Å². The smallest absolute Gasteiger partial charge is 0.161 e. The van der Waals surface area contributed by atoms with Crippen molar-refractivity contribution in [3.63, 3.8) is 0 Å². The van der Waals surface area contributed by atoms with Gasteiger partial charge in [-0.05, 0) is 31.5 Å². The Morgan fingerprint density at radius 2 is 1.95 bits per heavy atom. The summed E-state index contributed by atoms with van der Waals surface area (Å²) in [6.45, 7) is 5.43. The average molecular weight is 281 g/mol. The van der Waals surface area contributed by atoms with Crippen LogP contribution in [0.25, 0.3) is 0 Å².